The number of benzene rings is 1. The average molecular weight is 266 g/mol. The lowest BCUT2D eigenvalue weighted by molar-refractivity contribution is 0.417. The van der Waals surface area contributed by atoms with Crippen molar-refractivity contribution in [2.75, 3.05) is 0 Å². The summed E-state index contributed by atoms with van der Waals surface area (Å²) < 4.78 is 27.1. The lowest BCUT2D eigenvalue weighted by Crippen LogP contribution is -2.43. The molecule has 0 amide bonds. The molecule has 0 fully saturated rings. The summed E-state index contributed by atoms with van der Waals surface area (Å²) in [4.78, 5) is 0.0386. The van der Waals surface area contributed by atoms with Gasteiger partial charge in [-0.3, -0.25) is 0 Å². The molecule has 0 aliphatic heterocycles. The highest BCUT2D eigenvalue weighted by molar-refractivity contribution is 7.89. The van der Waals surface area contributed by atoms with Crippen LogP contribution in [0.1, 0.15) is 39.2 Å². The van der Waals surface area contributed by atoms with Crippen LogP contribution in [0.2, 0.25) is 0 Å². The minimum absolute atomic E-state index is 0.0386. The monoisotopic (exact) mass is 266 g/mol. The molecular weight excluding hydrogens is 248 g/mol. The van der Waals surface area contributed by atoms with Gasteiger partial charge in [0, 0.05) is 5.54 Å². The van der Waals surface area contributed by atoms with Crippen molar-refractivity contribution in [3.05, 3.63) is 29.8 Å². The third-order valence-electron chi connectivity index (χ3n) is 2.58. The van der Waals surface area contributed by atoms with E-state index in [4.69, 9.17) is 5.26 Å². The van der Waals surface area contributed by atoms with Gasteiger partial charge in [0.1, 0.15) is 6.07 Å². The number of hydrogen-bond acceptors (Lipinski definition) is 3. The van der Waals surface area contributed by atoms with E-state index in [-0.39, 0.29) is 10.5 Å². The third-order valence-corrected chi connectivity index (χ3v) is 4.34. The van der Waals surface area contributed by atoms with E-state index in [1.807, 2.05) is 26.8 Å². The van der Waals surface area contributed by atoms with Crippen molar-refractivity contribution in [3.63, 3.8) is 0 Å². The van der Waals surface area contributed by atoms with Gasteiger partial charge in [-0.2, -0.15) is 5.26 Å². The summed E-state index contributed by atoms with van der Waals surface area (Å²) in [5, 5.41) is 8.94. The summed E-state index contributed by atoms with van der Waals surface area (Å²) in [7, 11) is -3.66. The second-order valence-electron chi connectivity index (χ2n) is 4.85. The summed E-state index contributed by atoms with van der Waals surface area (Å²) >= 11 is 0. The molecule has 98 valence electrons. The Morgan fingerprint density at radius 3 is 2.50 bits per heavy atom. The fourth-order valence-corrected chi connectivity index (χ4v) is 3.49. The van der Waals surface area contributed by atoms with E-state index in [0.717, 1.165) is 12.8 Å². The van der Waals surface area contributed by atoms with Crippen molar-refractivity contribution < 1.29 is 8.42 Å². The van der Waals surface area contributed by atoms with Crippen molar-refractivity contribution >= 4 is 10.0 Å². The van der Waals surface area contributed by atoms with Crippen molar-refractivity contribution in [1.82, 2.24) is 4.72 Å². The van der Waals surface area contributed by atoms with Crippen LogP contribution in [0.5, 0.6) is 0 Å². The molecule has 0 bridgehead atoms. The molecule has 0 aliphatic rings. The first-order valence-corrected chi connectivity index (χ1v) is 7.34. The standard InChI is InChI=1S/C13H18N2O2S/c1-4-9-13(2,3)15-18(16,17)12-8-6-5-7-11(12)10-14/h5-8,15H,4,9H2,1-3H3. The van der Waals surface area contributed by atoms with E-state index in [1.165, 1.54) is 12.1 Å². The third kappa shape index (κ3) is 3.56. The molecule has 1 N–H and O–H groups in total. The predicted molar refractivity (Wildman–Crippen MR) is 70.5 cm³/mol. The highest BCUT2D eigenvalue weighted by Crippen LogP contribution is 2.19. The highest BCUT2D eigenvalue weighted by Gasteiger charge is 2.26. The predicted octanol–water partition coefficient (Wildman–Crippen LogP) is 2.42. The van der Waals surface area contributed by atoms with Crippen molar-refractivity contribution in [1.29, 1.82) is 5.26 Å². The lowest BCUT2D eigenvalue weighted by atomic mass is 10.0. The number of hydrogen-bond donors (Lipinski definition) is 1. The summed E-state index contributed by atoms with van der Waals surface area (Å²) in [6.07, 6.45) is 1.62. The molecule has 0 spiro atoms. The molecule has 1 rings (SSSR count). The van der Waals surface area contributed by atoms with Gasteiger partial charge in [-0.1, -0.05) is 25.5 Å². The molecule has 0 aliphatic carbocycles. The van der Waals surface area contributed by atoms with E-state index in [9.17, 15) is 8.42 Å². The van der Waals surface area contributed by atoms with Gasteiger partial charge in [-0.15, -0.1) is 0 Å². The smallest absolute Gasteiger partial charge is 0.207 e. The van der Waals surface area contributed by atoms with Crippen LogP contribution in [0.15, 0.2) is 29.2 Å². The maximum absolute atomic E-state index is 12.2. The van der Waals surface area contributed by atoms with E-state index >= 15 is 0 Å². The SMILES string of the molecule is CCCC(C)(C)NS(=O)(=O)c1ccccc1C#N. The molecule has 1 aromatic rings. The first-order chi connectivity index (χ1) is 8.32. The minimum Gasteiger partial charge on any atom is -0.207 e. The molecule has 0 saturated carbocycles. The first-order valence-electron chi connectivity index (χ1n) is 5.85. The van der Waals surface area contributed by atoms with Crippen LogP contribution in [-0.4, -0.2) is 14.0 Å². The molecule has 0 atom stereocenters. The lowest BCUT2D eigenvalue weighted by Gasteiger charge is -2.25. The van der Waals surface area contributed by atoms with Crippen LogP contribution in [-0.2, 0) is 10.0 Å². The number of nitrogens with zero attached hydrogens (tertiary/aromatic N) is 1. The van der Waals surface area contributed by atoms with Crippen LogP contribution in [0.25, 0.3) is 0 Å². The van der Waals surface area contributed by atoms with E-state index in [0.29, 0.717) is 0 Å². The summed E-state index contributed by atoms with van der Waals surface area (Å²) in [5.74, 6) is 0. The Balaban J connectivity index is 3.12. The fraction of sp³-hybridized carbons (Fsp3) is 0.462. The Labute approximate surface area is 109 Å². The molecule has 0 heterocycles. The van der Waals surface area contributed by atoms with Gasteiger partial charge in [0.05, 0.1) is 10.5 Å². The number of sulfonamides is 1. The summed E-state index contributed by atoms with van der Waals surface area (Å²) in [5.41, 5.74) is -0.354. The first kappa shape index (κ1) is 14.7. The number of nitriles is 1. The molecule has 0 radical (unpaired) electrons. The quantitative estimate of drug-likeness (QED) is 0.889. The van der Waals surface area contributed by atoms with Crippen LogP contribution in [0.3, 0.4) is 0 Å². The van der Waals surface area contributed by atoms with Gasteiger partial charge < -0.3 is 0 Å². The van der Waals surface area contributed by atoms with Crippen LogP contribution in [0, 0.1) is 11.3 Å². The molecule has 0 saturated heterocycles. The normalized spacial score (nSPS) is 12.1. The molecule has 5 heteroatoms. The van der Waals surface area contributed by atoms with Crippen molar-refractivity contribution in [2.45, 2.75) is 44.0 Å². The van der Waals surface area contributed by atoms with Gasteiger partial charge in [0.15, 0.2) is 0 Å². The van der Waals surface area contributed by atoms with Crippen molar-refractivity contribution in [3.8, 4) is 6.07 Å². The Kier molecular flexibility index (Phi) is 4.49. The maximum Gasteiger partial charge on any atom is 0.242 e. The zero-order chi connectivity index (χ0) is 13.8. The molecule has 18 heavy (non-hydrogen) atoms. The molecular formula is C13H18N2O2S. The van der Waals surface area contributed by atoms with Crippen LogP contribution in [0.4, 0.5) is 0 Å². The number of rotatable bonds is 5. The topological polar surface area (TPSA) is 70.0 Å². The molecule has 1 aromatic carbocycles. The molecule has 4 nitrogen and oxygen atoms in total. The average Bonchev–Trinajstić information content (AvgIpc) is 2.27. The maximum atomic E-state index is 12.2. The Morgan fingerprint density at radius 1 is 1.33 bits per heavy atom. The fourth-order valence-electron chi connectivity index (χ4n) is 1.89. The van der Waals surface area contributed by atoms with Crippen LogP contribution < -0.4 is 4.72 Å². The zero-order valence-electron chi connectivity index (χ0n) is 10.9. The second kappa shape index (κ2) is 5.51. The largest absolute Gasteiger partial charge is 0.242 e. The van der Waals surface area contributed by atoms with Gasteiger partial charge in [0.2, 0.25) is 10.0 Å². The van der Waals surface area contributed by atoms with E-state index in [2.05, 4.69) is 4.72 Å². The van der Waals surface area contributed by atoms with Gasteiger partial charge in [-0.25, -0.2) is 13.1 Å². The Hall–Kier alpha value is -1.38. The van der Waals surface area contributed by atoms with Crippen molar-refractivity contribution in [2.24, 2.45) is 0 Å². The minimum atomic E-state index is -3.66. The summed E-state index contributed by atoms with van der Waals surface area (Å²) in [6.45, 7) is 5.67. The van der Waals surface area contributed by atoms with Gasteiger partial charge >= 0.3 is 0 Å². The Morgan fingerprint density at radius 2 is 1.94 bits per heavy atom. The van der Waals surface area contributed by atoms with Gasteiger partial charge in [-0.05, 0) is 32.4 Å². The van der Waals surface area contributed by atoms with E-state index in [1.54, 1.807) is 12.1 Å². The van der Waals surface area contributed by atoms with Gasteiger partial charge in [0.25, 0.3) is 0 Å². The number of nitrogens with one attached hydrogen (secondary N) is 1. The van der Waals surface area contributed by atoms with E-state index < -0.39 is 15.6 Å². The second-order valence-corrected chi connectivity index (χ2v) is 6.50. The molecule has 0 aromatic heterocycles. The Bertz CT molecular complexity index is 557. The highest BCUT2D eigenvalue weighted by atomic mass is 32.2. The molecule has 0 unspecified atom stereocenters. The summed E-state index contributed by atoms with van der Waals surface area (Å²) in [6, 6.07) is 8.11. The van der Waals surface area contributed by atoms with Crippen LogP contribution >= 0.6 is 0 Å². The zero-order valence-corrected chi connectivity index (χ0v) is 11.7.